The molecular weight excluding hydrogens is 219 g/mol. The molecule has 0 heterocycles. The summed E-state index contributed by atoms with van der Waals surface area (Å²) in [5, 5.41) is 0. The van der Waals surface area contributed by atoms with Crippen molar-refractivity contribution in [1.82, 2.24) is 4.72 Å². The summed E-state index contributed by atoms with van der Waals surface area (Å²) >= 11 is 0. The van der Waals surface area contributed by atoms with E-state index in [0.717, 1.165) is 12.1 Å². The van der Waals surface area contributed by atoms with Gasteiger partial charge in [-0.1, -0.05) is 0 Å². The Labute approximate surface area is 88.3 Å². The van der Waals surface area contributed by atoms with Gasteiger partial charge in [-0.25, -0.2) is 17.5 Å². The van der Waals surface area contributed by atoms with Crippen LogP contribution in [0.1, 0.15) is 13.8 Å². The fourth-order valence-corrected chi connectivity index (χ4v) is 2.43. The fraction of sp³-hybridized carbons (Fsp3) is 0.333. The molecule has 0 unspecified atom stereocenters. The maximum atomic E-state index is 12.9. The normalized spacial score (nSPS) is 12.0. The number of hydrogen-bond acceptors (Lipinski definition) is 3. The van der Waals surface area contributed by atoms with Gasteiger partial charge < -0.3 is 5.73 Å². The van der Waals surface area contributed by atoms with Crippen molar-refractivity contribution < 1.29 is 12.8 Å². The van der Waals surface area contributed by atoms with Crippen molar-refractivity contribution in [3.05, 3.63) is 24.0 Å². The van der Waals surface area contributed by atoms with Gasteiger partial charge in [-0.15, -0.1) is 0 Å². The lowest BCUT2D eigenvalue weighted by Gasteiger charge is -2.09. The molecule has 0 amide bonds. The minimum absolute atomic E-state index is 0.0825. The maximum Gasteiger partial charge on any atom is 0.240 e. The predicted molar refractivity (Wildman–Crippen MR) is 56.3 cm³/mol. The minimum Gasteiger partial charge on any atom is -0.399 e. The van der Waals surface area contributed by atoms with Gasteiger partial charge in [0.25, 0.3) is 0 Å². The van der Waals surface area contributed by atoms with E-state index in [4.69, 9.17) is 5.73 Å². The molecule has 0 aliphatic carbocycles. The van der Waals surface area contributed by atoms with Gasteiger partial charge in [0, 0.05) is 11.7 Å². The molecule has 0 spiro atoms. The molecule has 1 aromatic carbocycles. The molecule has 1 aromatic rings. The Bertz CT molecular complexity index is 437. The van der Waals surface area contributed by atoms with Crippen LogP contribution in [0.5, 0.6) is 0 Å². The third-order valence-corrected chi connectivity index (χ3v) is 3.23. The highest BCUT2D eigenvalue weighted by molar-refractivity contribution is 7.89. The third kappa shape index (κ3) is 3.17. The van der Waals surface area contributed by atoms with Crippen LogP contribution in [0.2, 0.25) is 0 Å². The standard InChI is InChI=1S/C9H13FN2O2S/c1-6(2)12-15(13,14)9-4-7(10)3-8(11)5-9/h3-6,12H,11H2,1-2H3. The SMILES string of the molecule is CC(C)NS(=O)(=O)c1cc(N)cc(F)c1. The molecule has 0 aromatic heterocycles. The van der Waals surface area contributed by atoms with E-state index in [1.807, 2.05) is 0 Å². The first-order valence-electron chi connectivity index (χ1n) is 4.39. The lowest BCUT2D eigenvalue weighted by molar-refractivity contribution is 0.567. The molecule has 0 saturated heterocycles. The number of hydrogen-bond donors (Lipinski definition) is 2. The number of rotatable bonds is 3. The second-order valence-corrected chi connectivity index (χ2v) is 5.21. The molecule has 0 aliphatic heterocycles. The van der Waals surface area contributed by atoms with E-state index in [1.54, 1.807) is 13.8 Å². The lowest BCUT2D eigenvalue weighted by atomic mass is 10.3. The van der Waals surface area contributed by atoms with E-state index in [0.29, 0.717) is 0 Å². The first kappa shape index (κ1) is 11.9. The van der Waals surface area contributed by atoms with Crippen LogP contribution in [-0.2, 0) is 10.0 Å². The van der Waals surface area contributed by atoms with Crippen molar-refractivity contribution in [3.63, 3.8) is 0 Å². The van der Waals surface area contributed by atoms with Crippen molar-refractivity contribution in [2.24, 2.45) is 0 Å². The quantitative estimate of drug-likeness (QED) is 0.766. The first-order chi connectivity index (χ1) is 6.81. The van der Waals surface area contributed by atoms with E-state index < -0.39 is 15.8 Å². The highest BCUT2D eigenvalue weighted by Crippen LogP contribution is 2.15. The summed E-state index contributed by atoms with van der Waals surface area (Å²) in [6, 6.07) is 2.96. The Morgan fingerprint density at radius 3 is 2.40 bits per heavy atom. The van der Waals surface area contributed by atoms with Gasteiger partial charge in [0.2, 0.25) is 10.0 Å². The van der Waals surface area contributed by atoms with E-state index in [1.165, 1.54) is 6.07 Å². The van der Waals surface area contributed by atoms with Gasteiger partial charge in [0.15, 0.2) is 0 Å². The van der Waals surface area contributed by atoms with Gasteiger partial charge in [-0.05, 0) is 32.0 Å². The number of anilines is 1. The van der Waals surface area contributed by atoms with Crippen LogP contribution in [-0.4, -0.2) is 14.5 Å². The van der Waals surface area contributed by atoms with Crippen molar-refractivity contribution in [2.45, 2.75) is 24.8 Å². The average molecular weight is 232 g/mol. The van der Waals surface area contributed by atoms with E-state index >= 15 is 0 Å². The zero-order valence-electron chi connectivity index (χ0n) is 8.49. The van der Waals surface area contributed by atoms with Crippen LogP contribution in [0.25, 0.3) is 0 Å². The largest absolute Gasteiger partial charge is 0.399 e. The molecule has 1 rings (SSSR count). The second-order valence-electron chi connectivity index (χ2n) is 3.50. The van der Waals surface area contributed by atoms with E-state index in [9.17, 15) is 12.8 Å². The second kappa shape index (κ2) is 4.16. The number of halogens is 1. The van der Waals surface area contributed by atoms with Crippen molar-refractivity contribution in [3.8, 4) is 0 Å². The first-order valence-corrected chi connectivity index (χ1v) is 5.88. The van der Waals surface area contributed by atoms with Gasteiger partial charge in [-0.2, -0.15) is 0 Å². The van der Waals surface area contributed by atoms with Crippen LogP contribution in [0.15, 0.2) is 23.1 Å². The van der Waals surface area contributed by atoms with Crippen molar-refractivity contribution in [2.75, 3.05) is 5.73 Å². The van der Waals surface area contributed by atoms with Crippen molar-refractivity contribution in [1.29, 1.82) is 0 Å². The summed E-state index contributed by atoms with van der Waals surface area (Å²) in [5.41, 5.74) is 5.44. The zero-order chi connectivity index (χ0) is 11.6. The molecule has 0 saturated carbocycles. The summed E-state index contributed by atoms with van der Waals surface area (Å²) < 4.78 is 38.5. The molecule has 6 heteroatoms. The summed E-state index contributed by atoms with van der Waals surface area (Å²) in [6.45, 7) is 3.36. The van der Waals surface area contributed by atoms with Crippen molar-refractivity contribution >= 4 is 15.7 Å². The Morgan fingerprint density at radius 1 is 1.33 bits per heavy atom. The van der Waals surface area contributed by atoms with Crippen LogP contribution in [0.3, 0.4) is 0 Å². The Hall–Kier alpha value is -1.14. The number of nitrogens with two attached hydrogens (primary N) is 1. The van der Waals surface area contributed by atoms with E-state index in [-0.39, 0.29) is 16.6 Å². The number of nitrogen functional groups attached to an aromatic ring is 1. The lowest BCUT2D eigenvalue weighted by Crippen LogP contribution is -2.30. The van der Waals surface area contributed by atoms with Gasteiger partial charge >= 0.3 is 0 Å². The molecular formula is C9H13FN2O2S. The minimum atomic E-state index is -3.67. The van der Waals surface area contributed by atoms with E-state index in [2.05, 4.69) is 4.72 Å². The molecule has 84 valence electrons. The molecule has 0 bridgehead atoms. The van der Waals surface area contributed by atoms with Crippen LogP contribution in [0.4, 0.5) is 10.1 Å². The summed E-state index contributed by atoms with van der Waals surface area (Å²) in [6.07, 6.45) is 0. The number of nitrogens with one attached hydrogen (secondary N) is 1. The topological polar surface area (TPSA) is 72.2 Å². The smallest absolute Gasteiger partial charge is 0.240 e. The van der Waals surface area contributed by atoms with Gasteiger partial charge in [0.05, 0.1) is 4.90 Å². The predicted octanol–water partition coefficient (Wildman–Crippen LogP) is 1.09. The van der Waals surface area contributed by atoms with Crippen LogP contribution >= 0.6 is 0 Å². The maximum absolute atomic E-state index is 12.9. The number of sulfonamides is 1. The highest BCUT2D eigenvalue weighted by Gasteiger charge is 2.16. The van der Waals surface area contributed by atoms with Gasteiger partial charge in [-0.3, -0.25) is 0 Å². The molecule has 15 heavy (non-hydrogen) atoms. The fourth-order valence-electron chi connectivity index (χ4n) is 1.12. The summed E-state index contributed by atoms with van der Waals surface area (Å²) in [5.74, 6) is -0.667. The summed E-state index contributed by atoms with van der Waals surface area (Å²) in [4.78, 5) is -0.159. The molecule has 4 nitrogen and oxygen atoms in total. The Kier molecular flexibility index (Phi) is 3.31. The third-order valence-electron chi connectivity index (χ3n) is 1.59. The van der Waals surface area contributed by atoms with Gasteiger partial charge in [0.1, 0.15) is 5.82 Å². The molecule has 0 aliphatic rings. The molecule has 0 radical (unpaired) electrons. The molecule has 0 fully saturated rings. The highest BCUT2D eigenvalue weighted by atomic mass is 32.2. The number of benzene rings is 1. The summed E-state index contributed by atoms with van der Waals surface area (Å²) in [7, 11) is -3.67. The Balaban J connectivity index is 3.16. The van der Waals surface area contributed by atoms with Crippen LogP contribution in [0, 0.1) is 5.82 Å². The molecule has 0 atom stereocenters. The zero-order valence-corrected chi connectivity index (χ0v) is 9.31. The monoisotopic (exact) mass is 232 g/mol. The average Bonchev–Trinajstić information content (AvgIpc) is 1.99. The Morgan fingerprint density at radius 2 is 1.93 bits per heavy atom. The molecule has 3 N–H and O–H groups in total. The van der Waals surface area contributed by atoms with Crippen LogP contribution < -0.4 is 10.5 Å².